The molecule has 0 aromatic heterocycles. The SMILES string of the molecule is COc1ccc(OC)c(C(=O)CCP)c1OC. The fourth-order valence-electron chi connectivity index (χ4n) is 1.60. The van der Waals surface area contributed by atoms with E-state index < -0.39 is 0 Å². The van der Waals surface area contributed by atoms with Gasteiger partial charge in [-0.25, -0.2) is 0 Å². The molecule has 0 aliphatic heterocycles. The Morgan fingerprint density at radius 3 is 2.18 bits per heavy atom. The van der Waals surface area contributed by atoms with E-state index in [0.29, 0.717) is 35.4 Å². The van der Waals surface area contributed by atoms with Gasteiger partial charge in [0.1, 0.15) is 11.3 Å². The van der Waals surface area contributed by atoms with Crippen molar-refractivity contribution in [3.8, 4) is 17.2 Å². The average Bonchev–Trinajstić information content (AvgIpc) is 2.36. The third-order valence-corrected chi connectivity index (χ3v) is 2.67. The fourth-order valence-corrected chi connectivity index (χ4v) is 1.86. The van der Waals surface area contributed by atoms with Gasteiger partial charge in [0.2, 0.25) is 0 Å². The molecular weight excluding hydrogens is 239 g/mol. The molecule has 0 heterocycles. The summed E-state index contributed by atoms with van der Waals surface area (Å²) in [5.74, 6) is 1.44. The van der Waals surface area contributed by atoms with E-state index in [0.717, 1.165) is 0 Å². The molecule has 0 aliphatic carbocycles. The Kier molecular flexibility index (Phi) is 5.23. The highest BCUT2D eigenvalue weighted by atomic mass is 31.0. The van der Waals surface area contributed by atoms with Crippen LogP contribution in [0.25, 0.3) is 0 Å². The van der Waals surface area contributed by atoms with Crippen molar-refractivity contribution >= 4 is 15.0 Å². The van der Waals surface area contributed by atoms with Gasteiger partial charge in [0.15, 0.2) is 17.3 Å². The van der Waals surface area contributed by atoms with Gasteiger partial charge in [-0.05, 0) is 18.3 Å². The molecule has 0 saturated heterocycles. The summed E-state index contributed by atoms with van der Waals surface area (Å²) >= 11 is 0. The van der Waals surface area contributed by atoms with E-state index in [1.54, 1.807) is 12.1 Å². The van der Waals surface area contributed by atoms with Crippen molar-refractivity contribution in [1.29, 1.82) is 0 Å². The lowest BCUT2D eigenvalue weighted by Gasteiger charge is -2.15. The van der Waals surface area contributed by atoms with Crippen LogP contribution >= 0.6 is 9.24 Å². The normalized spacial score (nSPS) is 9.88. The highest BCUT2D eigenvalue weighted by Gasteiger charge is 2.21. The lowest BCUT2D eigenvalue weighted by molar-refractivity contribution is 0.0982. The molecule has 0 radical (unpaired) electrons. The Balaban J connectivity index is 3.34. The first-order valence-electron chi connectivity index (χ1n) is 5.21. The smallest absolute Gasteiger partial charge is 0.175 e. The molecule has 0 fully saturated rings. The summed E-state index contributed by atoms with van der Waals surface area (Å²) in [4.78, 5) is 12.0. The number of benzene rings is 1. The second kappa shape index (κ2) is 6.45. The minimum absolute atomic E-state index is 0.0207. The standard InChI is InChI=1S/C12H17O4P/c1-14-9-4-5-10(15-2)12(16-3)11(9)8(13)6-7-17/h4-5H,6-7,17H2,1-3H3. The van der Waals surface area contributed by atoms with Crippen LogP contribution in [0.1, 0.15) is 16.8 Å². The topological polar surface area (TPSA) is 44.8 Å². The molecule has 0 aliphatic rings. The number of ketones is 1. The van der Waals surface area contributed by atoms with Gasteiger partial charge >= 0.3 is 0 Å². The molecule has 0 N–H and O–H groups in total. The minimum atomic E-state index is -0.0207. The molecule has 0 spiro atoms. The van der Waals surface area contributed by atoms with E-state index >= 15 is 0 Å². The molecular formula is C12H17O4P. The number of methoxy groups -OCH3 is 3. The first-order valence-corrected chi connectivity index (χ1v) is 6.03. The van der Waals surface area contributed by atoms with Crippen LogP contribution in [0.5, 0.6) is 17.2 Å². The van der Waals surface area contributed by atoms with E-state index in [1.165, 1.54) is 21.3 Å². The molecule has 0 saturated carbocycles. The van der Waals surface area contributed by atoms with Gasteiger partial charge in [-0.3, -0.25) is 4.79 Å². The summed E-state index contributed by atoms with van der Waals surface area (Å²) in [5, 5.41) is 0. The molecule has 5 heteroatoms. The molecule has 1 aromatic rings. The van der Waals surface area contributed by atoms with Crippen molar-refractivity contribution in [2.24, 2.45) is 0 Å². The maximum Gasteiger partial charge on any atom is 0.175 e. The Morgan fingerprint density at radius 2 is 1.71 bits per heavy atom. The van der Waals surface area contributed by atoms with Gasteiger partial charge in [0.05, 0.1) is 21.3 Å². The number of Topliss-reactive ketones (excluding diaryl/α,β-unsaturated/α-hetero) is 1. The number of carbonyl (C=O) groups is 1. The van der Waals surface area contributed by atoms with Gasteiger partial charge in [0.25, 0.3) is 0 Å². The van der Waals surface area contributed by atoms with E-state index in [4.69, 9.17) is 14.2 Å². The van der Waals surface area contributed by atoms with Crippen LogP contribution in [0.3, 0.4) is 0 Å². The number of hydrogen-bond donors (Lipinski definition) is 0. The van der Waals surface area contributed by atoms with E-state index in [1.807, 2.05) is 0 Å². The number of rotatable bonds is 6. The molecule has 94 valence electrons. The fraction of sp³-hybridized carbons (Fsp3) is 0.417. The summed E-state index contributed by atoms with van der Waals surface area (Å²) in [6.07, 6.45) is 1.12. The predicted molar refractivity (Wildman–Crippen MR) is 69.6 cm³/mol. The zero-order valence-corrected chi connectivity index (χ0v) is 11.4. The Hall–Kier alpha value is -1.28. The molecule has 1 aromatic carbocycles. The summed E-state index contributed by atoms with van der Waals surface area (Å²) in [6.45, 7) is 0. The number of carbonyl (C=O) groups excluding carboxylic acids is 1. The Labute approximate surface area is 103 Å². The monoisotopic (exact) mass is 256 g/mol. The van der Waals surface area contributed by atoms with Gasteiger partial charge in [-0.1, -0.05) is 0 Å². The Bertz CT molecular complexity index is 404. The first-order chi connectivity index (χ1) is 8.19. The van der Waals surface area contributed by atoms with Crippen LogP contribution in [0.15, 0.2) is 12.1 Å². The third-order valence-electron chi connectivity index (χ3n) is 2.38. The summed E-state index contributed by atoms with van der Waals surface area (Å²) in [7, 11) is 7.10. The molecule has 1 rings (SSSR count). The molecule has 1 unspecified atom stereocenters. The van der Waals surface area contributed by atoms with Crippen molar-refractivity contribution in [3.05, 3.63) is 17.7 Å². The zero-order chi connectivity index (χ0) is 12.8. The Morgan fingerprint density at radius 1 is 1.12 bits per heavy atom. The highest BCUT2D eigenvalue weighted by Crippen LogP contribution is 2.38. The lowest BCUT2D eigenvalue weighted by Crippen LogP contribution is -2.06. The summed E-state index contributed by atoms with van der Waals surface area (Å²) in [5.41, 5.74) is 0.441. The predicted octanol–water partition coefficient (Wildman–Crippen LogP) is 2.16. The van der Waals surface area contributed by atoms with E-state index in [9.17, 15) is 4.79 Å². The van der Waals surface area contributed by atoms with Crippen LogP contribution in [-0.4, -0.2) is 33.3 Å². The second-order valence-corrected chi connectivity index (χ2v) is 3.92. The first kappa shape index (κ1) is 13.8. The number of ether oxygens (including phenoxy) is 3. The van der Waals surface area contributed by atoms with Crippen LogP contribution < -0.4 is 14.2 Å². The second-order valence-electron chi connectivity index (χ2n) is 3.34. The quantitative estimate of drug-likeness (QED) is 0.578. The van der Waals surface area contributed by atoms with Crippen LogP contribution in [-0.2, 0) is 0 Å². The van der Waals surface area contributed by atoms with Gasteiger partial charge < -0.3 is 14.2 Å². The minimum Gasteiger partial charge on any atom is -0.496 e. The molecule has 0 bridgehead atoms. The van der Waals surface area contributed by atoms with Crippen LogP contribution in [0, 0.1) is 0 Å². The van der Waals surface area contributed by atoms with E-state index in [-0.39, 0.29) is 5.78 Å². The maximum absolute atomic E-state index is 12.0. The zero-order valence-electron chi connectivity index (χ0n) is 10.3. The summed E-state index contributed by atoms with van der Waals surface area (Å²) < 4.78 is 15.6. The average molecular weight is 256 g/mol. The summed E-state index contributed by atoms with van der Waals surface area (Å²) in [6, 6.07) is 3.42. The molecule has 4 nitrogen and oxygen atoms in total. The van der Waals surface area contributed by atoms with Crippen LogP contribution in [0.4, 0.5) is 0 Å². The van der Waals surface area contributed by atoms with Gasteiger partial charge in [-0.2, -0.15) is 0 Å². The maximum atomic E-state index is 12.0. The van der Waals surface area contributed by atoms with Crippen molar-refractivity contribution in [3.63, 3.8) is 0 Å². The van der Waals surface area contributed by atoms with Crippen LogP contribution in [0.2, 0.25) is 0 Å². The van der Waals surface area contributed by atoms with Crippen molar-refractivity contribution < 1.29 is 19.0 Å². The third kappa shape index (κ3) is 2.89. The van der Waals surface area contributed by atoms with Crippen molar-refractivity contribution in [2.45, 2.75) is 6.42 Å². The number of hydrogen-bond acceptors (Lipinski definition) is 4. The van der Waals surface area contributed by atoms with Gasteiger partial charge in [0, 0.05) is 6.42 Å². The van der Waals surface area contributed by atoms with Crippen molar-refractivity contribution in [1.82, 2.24) is 0 Å². The lowest BCUT2D eigenvalue weighted by atomic mass is 10.1. The molecule has 1 atom stereocenters. The largest absolute Gasteiger partial charge is 0.496 e. The highest BCUT2D eigenvalue weighted by molar-refractivity contribution is 7.16. The molecule has 17 heavy (non-hydrogen) atoms. The van der Waals surface area contributed by atoms with Gasteiger partial charge in [-0.15, -0.1) is 9.24 Å². The molecule has 0 amide bonds. The van der Waals surface area contributed by atoms with Crippen molar-refractivity contribution in [2.75, 3.05) is 27.5 Å². The van der Waals surface area contributed by atoms with E-state index in [2.05, 4.69) is 9.24 Å².